The maximum atomic E-state index is 6.11. The van der Waals surface area contributed by atoms with E-state index in [1.54, 1.807) is 0 Å². The molecule has 0 aromatic heterocycles. The van der Waals surface area contributed by atoms with E-state index in [0.29, 0.717) is 12.0 Å². The standard InChI is InChI=1S/C16H25ClN2/c1-16(2)7-3-10-19(11-8-16)15-5-4-14(17)12-13(15)6-9-18/h4-5,12H,3,6-11,18H2,1-2H3. The molecule has 0 saturated carbocycles. The first kappa shape index (κ1) is 14.7. The fraction of sp³-hybridized carbons (Fsp3) is 0.625. The Morgan fingerprint density at radius 3 is 2.79 bits per heavy atom. The van der Waals surface area contributed by atoms with Crippen LogP contribution < -0.4 is 10.6 Å². The Morgan fingerprint density at radius 2 is 2.05 bits per heavy atom. The minimum atomic E-state index is 0.467. The average molecular weight is 281 g/mol. The molecule has 1 aromatic carbocycles. The van der Waals surface area contributed by atoms with Crippen LogP contribution in [0.1, 0.15) is 38.7 Å². The maximum Gasteiger partial charge on any atom is 0.0410 e. The predicted octanol–water partition coefficient (Wildman–Crippen LogP) is 3.86. The number of rotatable bonds is 3. The zero-order valence-electron chi connectivity index (χ0n) is 12.1. The fourth-order valence-corrected chi connectivity index (χ4v) is 3.08. The highest BCUT2D eigenvalue weighted by atomic mass is 35.5. The number of nitrogens with two attached hydrogens (primary N) is 1. The molecule has 1 fully saturated rings. The van der Waals surface area contributed by atoms with E-state index in [-0.39, 0.29) is 0 Å². The second-order valence-electron chi connectivity index (χ2n) is 6.32. The topological polar surface area (TPSA) is 29.3 Å². The van der Waals surface area contributed by atoms with Gasteiger partial charge in [0.15, 0.2) is 0 Å². The molecule has 106 valence electrons. The highest BCUT2D eigenvalue weighted by Crippen LogP contribution is 2.33. The average Bonchev–Trinajstić information content (AvgIpc) is 2.51. The number of nitrogens with zero attached hydrogens (tertiary/aromatic N) is 1. The van der Waals surface area contributed by atoms with Crippen LogP contribution in [0.4, 0.5) is 5.69 Å². The molecule has 0 bridgehead atoms. The molecule has 1 heterocycles. The molecule has 2 rings (SSSR count). The second kappa shape index (κ2) is 6.15. The molecule has 1 aliphatic rings. The molecule has 2 nitrogen and oxygen atoms in total. The molecule has 1 aromatic rings. The van der Waals surface area contributed by atoms with Gasteiger partial charge in [-0.1, -0.05) is 25.4 Å². The molecule has 1 saturated heterocycles. The first-order chi connectivity index (χ1) is 9.02. The first-order valence-corrected chi connectivity index (χ1v) is 7.63. The summed E-state index contributed by atoms with van der Waals surface area (Å²) in [7, 11) is 0. The van der Waals surface area contributed by atoms with Crippen molar-refractivity contribution in [3.05, 3.63) is 28.8 Å². The Bertz CT molecular complexity index is 429. The SMILES string of the molecule is CC1(C)CCCN(c2ccc(Cl)cc2CCN)CC1. The minimum Gasteiger partial charge on any atom is -0.371 e. The van der Waals surface area contributed by atoms with Gasteiger partial charge in [-0.05, 0) is 61.4 Å². The summed E-state index contributed by atoms with van der Waals surface area (Å²) in [5, 5.41) is 0.808. The minimum absolute atomic E-state index is 0.467. The smallest absolute Gasteiger partial charge is 0.0410 e. The summed E-state index contributed by atoms with van der Waals surface area (Å²) in [6.07, 6.45) is 4.72. The number of benzene rings is 1. The van der Waals surface area contributed by atoms with E-state index in [1.807, 2.05) is 6.07 Å². The van der Waals surface area contributed by atoms with Gasteiger partial charge in [-0.2, -0.15) is 0 Å². The van der Waals surface area contributed by atoms with E-state index < -0.39 is 0 Å². The van der Waals surface area contributed by atoms with Crippen LogP contribution in [-0.2, 0) is 6.42 Å². The molecule has 3 heteroatoms. The van der Waals surface area contributed by atoms with Gasteiger partial charge < -0.3 is 10.6 Å². The lowest BCUT2D eigenvalue weighted by molar-refractivity contribution is 0.325. The third-order valence-corrected chi connectivity index (χ3v) is 4.37. The Hall–Kier alpha value is -0.730. The largest absolute Gasteiger partial charge is 0.371 e. The maximum absolute atomic E-state index is 6.11. The second-order valence-corrected chi connectivity index (χ2v) is 6.75. The van der Waals surface area contributed by atoms with Crippen molar-refractivity contribution >= 4 is 17.3 Å². The monoisotopic (exact) mass is 280 g/mol. The zero-order chi connectivity index (χ0) is 13.9. The molecule has 2 N–H and O–H groups in total. The highest BCUT2D eigenvalue weighted by Gasteiger charge is 2.24. The van der Waals surface area contributed by atoms with Gasteiger partial charge in [0, 0.05) is 23.8 Å². The van der Waals surface area contributed by atoms with Crippen molar-refractivity contribution in [3.63, 3.8) is 0 Å². The lowest BCUT2D eigenvalue weighted by atomic mass is 9.85. The van der Waals surface area contributed by atoms with E-state index in [1.165, 1.54) is 30.5 Å². The molecule has 0 aliphatic carbocycles. The summed E-state index contributed by atoms with van der Waals surface area (Å²) in [6, 6.07) is 6.22. The first-order valence-electron chi connectivity index (χ1n) is 7.25. The van der Waals surface area contributed by atoms with Gasteiger partial charge >= 0.3 is 0 Å². The number of halogens is 1. The summed E-state index contributed by atoms with van der Waals surface area (Å²) in [6.45, 7) is 7.69. The number of hydrogen-bond acceptors (Lipinski definition) is 2. The van der Waals surface area contributed by atoms with Crippen molar-refractivity contribution < 1.29 is 0 Å². The molecular weight excluding hydrogens is 256 g/mol. The quantitative estimate of drug-likeness (QED) is 0.911. The normalized spacial score (nSPS) is 19.3. The van der Waals surface area contributed by atoms with Gasteiger partial charge in [0.25, 0.3) is 0 Å². The summed E-state index contributed by atoms with van der Waals surface area (Å²) >= 11 is 6.11. The molecule has 1 aliphatic heterocycles. The van der Waals surface area contributed by atoms with Crippen LogP contribution in [0.5, 0.6) is 0 Å². The van der Waals surface area contributed by atoms with Crippen molar-refractivity contribution in [2.24, 2.45) is 11.1 Å². The van der Waals surface area contributed by atoms with Crippen molar-refractivity contribution in [1.29, 1.82) is 0 Å². The van der Waals surface area contributed by atoms with Crippen molar-refractivity contribution in [2.75, 3.05) is 24.5 Å². The Kier molecular flexibility index (Phi) is 4.75. The third-order valence-electron chi connectivity index (χ3n) is 4.14. The van der Waals surface area contributed by atoms with Gasteiger partial charge in [0.05, 0.1) is 0 Å². The molecule has 0 spiro atoms. The van der Waals surface area contributed by atoms with Crippen LogP contribution in [0, 0.1) is 5.41 Å². The van der Waals surface area contributed by atoms with Crippen LogP contribution in [0.3, 0.4) is 0 Å². The van der Waals surface area contributed by atoms with Crippen LogP contribution in [-0.4, -0.2) is 19.6 Å². The van der Waals surface area contributed by atoms with E-state index >= 15 is 0 Å². The predicted molar refractivity (Wildman–Crippen MR) is 84.1 cm³/mol. The molecule has 0 radical (unpaired) electrons. The van der Waals surface area contributed by atoms with Crippen molar-refractivity contribution in [2.45, 2.75) is 39.5 Å². The summed E-state index contributed by atoms with van der Waals surface area (Å²) in [5.74, 6) is 0. The number of hydrogen-bond donors (Lipinski definition) is 1. The van der Waals surface area contributed by atoms with E-state index in [2.05, 4.69) is 30.9 Å². The van der Waals surface area contributed by atoms with Gasteiger partial charge in [-0.25, -0.2) is 0 Å². The molecular formula is C16H25ClN2. The third kappa shape index (κ3) is 3.87. The molecule has 19 heavy (non-hydrogen) atoms. The molecule has 0 amide bonds. The Balaban J connectivity index is 2.21. The Labute approximate surface area is 121 Å². The summed E-state index contributed by atoms with van der Waals surface area (Å²) < 4.78 is 0. The number of anilines is 1. The lowest BCUT2D eigenvalue weighted by Crippen LogP contribution is -2.26. The Morgan fingerprint density at radius 1 is 1.26 bits per heavy atom. The fourth-order valence-electron chi connectivity index (χ4n) is 2.88. The van der Waals surface area contributed by atoms with E-state index in [4.69, 9.17) is 17.3 Å². The zero-order valence-corrected chi connectivity index (χ0v) is 12.8. The van der Waals surface area contributed by atoms with Crippen molar-refractivity contribution in [1.82, 2.24) is 0 Å². The molecule has 0 unspecified atom stereocenters. The van der Waals surface area contributed by atoms with Gasteiger partial charge in [0.2, 0.25) is 0 Å². The highest BCUT2D eigenvalue weighted by molar-refractivity contribution is 6.30. The van der Waals surface area contributed by atoms with Gasteiger partial charge in [0.1, 0.15) is 0 Å². The van der Waals surface area contributed by atoms with Crippen molar-refractivity contribution in [3.8, 4) is 0 Å². The van der Waals surface area contributed by atoms with Crippen LogP contribution in [0.15, 0.2) is 18.2 Å². The molecule has 0 atom stereocenters. The summed E-state index contributed by atoms with van der Waals surface area (Å²) in [4.78, 5) is 2.51. The van der Waals surface area contributed by atoms with Gasteiger partial charge in [-0.15, -0.1) is 0 Å². The van der Waals surface area contributed by atoms with E-state index in [0.717, 1.165) is 24.5 Å². The van der Waals surface area contributed by atoms with Crippen LogP contribution in [0.25, 0.3) is 0 Å². The summed E-state index contributed by atoms with van der Waals surface area (Å²) in [5.41, 5.74) is 8.80. The van der Waals surface area contributed by atoms with Gasteiger partial charge in [-0.3, -0.25) is 0 Å². The lowest BCUT2D eigenvalue weighted by Gasteiger charge is -2.27. The van der Waals surface area contributed by atoms with Crippen LogP contribution >= 0.6 is 11.6 Å². The van der Waals surface area contributed by atoms with E-state index in [9.17, 15) is 0 Å². The van der Waals surface area contributed by atoms with Crippen LogP contribution in [0.2, 0.25) is 5.02 Å².